The number of likely N-dealkylation sites (tertiary alicyclic amines) is 1. The van der Waals surface area contributed by atoms with Gasteiger partial charge in [0.05, 0.1) is 17.2 Å². The molecule has 2 amide bonds. The van der Waals surface area contributed by atoms with Crippen LogP contribution in [0.5, 0.6) is 5.75 Å². The topological polar surface area (TPSA) is 114 Å². The van der Waals surface area contributed by atoms with Gasteiger partial charge < -0.3 is 24.0 Å². The Morgan fingerprint density at radius 1 is 1.04 bits per heavy atom. The van der Waals surface area contributed by atoms with Crippen LogP contribution in [0, 0.1) is 11.8 Å². The number of rotatable bonds is 1. The summed E-state index contributed by atoms with van der Waals surface area (Å²) in [6.45, 7) is 6.08. The molecule has 0 unspecified atom stereocenters. The van der Waals surface area contributed by atoms with Crippen LogP contribution in [0.4, 0.5) is 10.5 Å². The summed E-state index contributed by atoms with van der Waals surface area (Å²) in [5.41, 5.74) is 1.37. The van der Waals surface area contributed by atoms with Crippen molar-refractivity contribution in [1.29, 1.82) is 0 Å². The van der Waals surface area contributed by atoms with Crippen molar-refractivity contribution in [2.75, 3.05) is 37.7 Å². The molecule has 248 valence electrons. The van der Waals surface area contributed by atoms with Gasteiger partial charge in [0.1, 0.15) is 24.1 Å². The van der Waals surface area contributed by atoms with Crippen LogP contribution in [-0.4, -0.2) is 69.8 Å². The Labute approximate surface area is 276 Å². The Balaban J connectivity index is 1.37. The molecule has 2 aromatic carbocycles. The molecule has 0 aromatic heterocycles. The largest absolute Gasteiger partial charge is 0.487 e. The fourth-order valence-electron chi connectivity index (χ4n) is 6.40. The lowest BCUT2D eigenvalue weighted by molar-refractivity contribution is -0.139. The normalized spacial score (nSPS) is 26.8. The number of amides is 2. The van der Waals surface area contributed by atoms with E-state index in [4.69, 9.17) is 25.8 Å². The predicted octanol–water partition coefficient (Wildman–Crippen LogP) is 5.47. The fraction of sp³-hybridized carbons (Fsp3) is 0.529. The molecule has 1 aliphatic carbocycles. The highest BCUT2D eigenvalue weighted by molar-refractivity contribution is 7.90. The maximum absolute atomic E-state index is 13.5. The molecule has 1 saturated carbocycles. The second-order valence-corrected chi connectivity index (χ2v) is 15.2. The number of hydrogen-bond acceptors (Lipinski definition) is 8. The Bertz CT molecular complexity index is 1610. The summed E-state index contributed by atoms with van der Waals surface area (Å²) in [6, 6.07) is 10.5. The van der Waals surface area contributed by atoms with Crippen molar-refractivity contribution in [3.05, 3.63) is 64.7 Å². The quantitative estimate of drug-likeness (QED) is 0.397. The number of nitrogens with zero attached hydrogens (tertiary/aromatic N) is 2. The van der Waals surface area contributed by atoms with Crippen molar-refractivity contribution in [2.24, 2.45) is 11.8 Å². The minimum atomic E-state index is -4.22. The Morgan fingerprint density at radius 2 is 1.87 bits per heavy atom. The van der Waals surface area contributed by atoms with E-state index in [1.54, 1.807) is 23.1 Å². The van der Waals surface area contributed by atoms with Crippen LogP contribution in [0.1, 0.15) is 57.1 Å². The van der Waals surface area contributed by atoms with Crippen LogP contribution in [0.2, 0.25) is 5.02 Å². The number of halogens is 1. The zero-order valence-corrected chi connectivity index (χ0v) is 27.9. The maximum Gasteiger partial charge on any atom is 0.410 e. The Morgan fingerprint density at radius 3 is 2.61 bits per heavy atom. The third-order valence-corrected chi connectivity index (χ3v) is 11.2. The maximum atomic E-state index is 13.5. The first-order valence-electron chi connectivity index (χ1n) is 16.1. The average Bonchev–Trinajstić information content (AvgIpc) is 2.99. The molecule has 10 nitrogen and oxygen atoms in total. The molecule has 6 rings (SSSR count). The zero-order chi connectivity index (χ0) is 32.5. The smallest absolute Gasteiger partial charge is 0.410 e. The van der Waals surface area contributed by atoms with Gasteiger partial charge in [-0.2, -0.15) is 0 Å². The number of anilines is 1. The summed E-state index contributed by atoms with van der Waals surface area (Å²) in [5, 5.41) is 0.680. The summed E-state index contributed by atoms with van der Waals surface area (Å²) in [5.74, 6) is 0.0340. The monoisotopic (exact) mass is 671 g/mol. The van der Waals surface area contributed by atoms with E-state index in [1.807, 2.05) is 24.3 Å². The second-order valence-electron chi connectivity index (χ2n) is 13.1. The molecule has 12 heteroatoms. The summed E-state index contributed by atoms with van der Waals surface area (Å²) in [7, 11) is -4.22. The Kier molecular flexibility index (Phi) is 9.55. The fourth-order valence-corrected chi connectivity index (χ4v) is 7.71. The molecular weight excluding hydrogens is 630 g/mol. The standard InChI is InChI=1S/C34H42ClN3O7S/c1-34(2)32(39)36-46(41,42)27-12-14-31-29(20-27)38(15-4-3-7-23-19-26(35)11-9-25(23)22-43-31)21-24-10-13-28(24)30(8-5-18-44-34)45-33(40)37-16-6-17-37/h5,8-9,11-12,14,19-20,24,28,30H,3-4,6-7,10,13,15-18,21-22H2,1-2H3,(H,36,39)/b8-5+/t24-,28+,30-/m0/s1. The highest BCUT2D eigenvalue weighted by Gasteiger charge is 2.41. The molecule has 3 heterocycles. The summed E-state index contributed by atoms with van der Waals surface area (Å²) < 4.78 is 47.6. The van der Waals surface area contributed by atoms with Crippen LogP contribution < -0.4 is 14.4 Å². The van der Waals surface area contributed by atoms with Gasteiger partial charge in [-0.25, -0.2) is 17.9 Å². The third-order valence-electron chi connectivity index (χ3n) is 9.60. The van der Waals surface area contributed by atoms with E-state index in [0.717, 1.165) is 49.7 Å². The van der Waals surface area contributed by atoms with Gasteiger partial charge in [-0.1, -0.05) is 23.7 Å². The highest BCUT2D eigenvalue weighted by atomic mass is 35.5. The lowest BCUT2D eigenvalue weighted by Crippen LogP contribution is -2.48. The van der Waals surface area contributed by atoms with Gasteiger partial charge in [-0.3, -0.25) is 4.79 Å². The molecule has 2 bridgehead atoms. The summed E-state index contributed by atoms with van der Waals surface area (Å²) in [4.78, 5) is 30.0. The van der Waals surface area contributed by atoms with Crippen molar-refractivity contribution in [2.45, 2.75) is 75.6 Å². The van der Waals surface area contributed by atoms with Crippen LogP contribution in [0.25, 0.3) is 0 Å². The molecule has 4 aliphatic rings. The summed E-state index contributed by atoms with van der Waals surface area (Å²) in [6.07, 6.45) is 8.27. The van der Waals surface area contributed by atoms with E-state index in [9.17, 15) is 18.0 Å². The number of aryl methyl sites for hydroxylation is 1. The minimum Gasteiger partial charge on any atom is -0.487 e. The van der Waals surface area contributed by atoms with Crippen molar-refractivity contribution in [3.63, 3.8) is 0 Å². The van der Waals surface area contributed by atoms with E-state index in [-0.39, 0.29) is 29.4 Å². The van der Waals surface area contributed by atoms with Crippen LogP contribution in [0.15, 0.2) is 53.4 Å². The third kappa shape index (κ3) is 7.16. The first-order chi connectivity index (χ1) is 22.0. The predicted molar refractivity (Wildman–Crippen MR) is 175 cm³/mol. The molecule has 2 fully saturated rings. The zero-order valence-electron chi connectivity index (χ0n) is 26.4. The van der Waals surface area contributed by atoms with E-state index >= 15 is 0 Å². The molecule has 1 saturated heterocycles. The first-order valence-corrected chi connectivity index (χ1v) is 18.0. The number of fused-ring (bicyclic) bond motifs is 3. The van der Waals surface area contributed by atoms with Crippen molar-refractivity contribution >= 4 is 39.3 Å². The van der Waals surface area contributed by atoms with Gasteiger partial charge in [0.25, 0.3) is 15.9 Å². The lowest BCUT2D eigenvalue weighted by atomic mass is 9.70. The highest BCUT2D eigenvalue weighted by Crippen LogP contribution is 2.42. The molecule has 2 aromatic rings. The molecular formula is C34H42ClN3O7S. The Hall–Kier alpha value is -3.28. The van der Waals surface area contributed by atoms with E-state index in [0.29, 0.717) is 49.2 Å². The van der Waals surface area contributed by atoms with Crippen molar-refractivity contribution in [3.8, 4) is 5.75 Å². The van der Waals surface area contributed by atoms with Gasteiger partial charge in [-0.05, 0) is 106 Å². The number of carbonyl (C=O) groups excluding carboxylic acids is 2. The van der Waals surface area contributed by atoms with E-state index in [2.05, 4.69) is 9.62 Å². The van der Waals surface area contributed by atoms with Crippen LogP contribution in [0.3, 0.4) is 0 Å². The van der Waals surface area contributed by atoms with E-state index in [1.165, 1.54) is 19.9 Å². The molecule has 3 atom stereocenters. The number of nitrogens with one attached hydrogen (secondary N) is 1. The molecule has 0 spiro atoms. The molecule has 3 aliphatic heterocycles. The number of hydrogen-bond donors (Lipinski definition) is 1. The number of carbonyl (C=O) groups is 2. The number of ether oxygens (including phenoxy) is 3. The van der Waals surface area contributed by atoms with Crippen molar-refractivity contribution in [1.82, 2.24) is 9.62 Å². The van der Waals surface area contributed by atoms with Gasteiger partial charge >= 0.3 is 6.09 Å². The van der Waals surface area contributed by atoms with Crippen molar-refractivity contribution < 1.29 is 32.2 Å². The molecule has 46 heavy (non-hydrogen) atoms. The minimum absolute atomic E-state index is 0.0374. The lowest BCUT2D eigenvalue weighted by Gasteiger charge is -2.44. The average molecular weight is 672 g/mol. The second kappa shape index (κ2) is 13.4. The number of sulfonamides is 1. The number of benzene rings is 2. The van der Waals surface area contributed by atoms with Gasteiger partial charge in [0.2, 0.25) is 0 Å². The van der Waals surface area contributed by atoms with Crippen LogP contribution in [-0.2, 0) is 37.3 Å². The van der Waals surface area contributed by atoms with Gasteiger partial charge in [-0.15, -0.1) is 0 Å². The SMILES string of the molecule is CC1(C)OC/C=C/[C@H](OC(=O)N2CCC2)[C@@H]2CC[C@H]2CN2CCCCc3cc(Cl)ccc3COc3ccc(cc32)S(=O)(=O)NC1=O. The summed E-state index contributed by atoms with van der Waals surface area (Å²) >= 11 is 6.33. The molecule has 0 radical (unpaired) electrons. The van der Waals surface area contributed by atoms with Gasteiger partial charge in [0, 0.05) is 37.1 Å². The van der Waals surface area contributed by atoms with Gasteiger partial charge in [0.15, 0.2) is 0 Å². The van der Waals surface area contributed by atoms with Crippen LogP contribution >= 0.6 is 11.6 Å². The molecule has 1 N–H and O–H groups in total. The first kappa shape index (κ1) is 32.7. The van der Waals surface area contributed by atoms with E-state index < -0.39 is 27.6 Å².